The summed E-state index contributed by atoms with van der Waals surface area (Å²) >= 11 is 1.59. The second-order valence-electron chi connectivity index (χ2n) is 2.83. The Bertz CT molecular complexity index is 339. The van der Waals surface area contributed by atoms with Crippen molar-refractivity contribution in [2.45, 2.75) is 11.3 Å². The van der Waals surface area contributed by atoms with Crippen LogP contribution in [-0.2, 0) is 16.0 Å². The van der Waals surface area contributed by atoms with Crippen LogP contribution in [0.25, 0.3) is 0 Å². The third-order valence-corrected chi connectivity index (χ3v) is 2.68. The number of esters is 1. The number of thioether (sulfide) groups is 1. The molecule has 2 N–H and O–H groups in total. The van der Waals surface area contributed by atoms with Gasteiger partial charge in [0.15, 0.2) is 0 Å². The molecule has 0 spiro atoms. The van der Waals surface area contributed by atoms with Gasteiger partial charge in [0.2, 0.25) is 0 Å². The van der Waals surface area contributed by atoms with Crippen LogP contribution < -0.4 is 5.73 Å². The number of methoxy groups -OCH3 is 1. The molecule has 0 aromatic heterocycles. The van der Waals surface area contributed by atoms with Gasteiger partial charge in [-0.1, -0.05) is 6.07 Å². The van der Waals surface area contributed by atoms with Crippen LogP contribution >= 0.6 is 11.8 Å². The Labute approximate surface area is 87.6 Å². The maximum atomic E-state index is 11.0. The number of hydrogen-bond acceptors (Lipinski definition) is 4. The minimum absolute atomic E-state index is 0.249. The Morgan fingerprint density at radius 1 is 1.57 bits per heavy atom. The Kier molecular flexibility index (Phi) is 3.83. The van der Waals surface area contributed by atoms with Crippen molar-refractivity contribution < 1.29 is 9.53 Å². The van der Waals surface area contributed by atoms with E-state index in [1.807, 2.05) is 24.5 Å². The van der Waals surface area contributed by atoms with Crippen molar-refractivity contribution in [3.8, 4) is 0 Å². The minimum Gasteiger partial charge on any atom is -0.469 e. The van der Waals surface area contributed by atoms with Crippen molar-refractivity contribution in [1.29, 1.82) is 0 Å². The lowest BCUT2D eigenvalue weighted by Crippen LogP contribution is -2.04. The smallest absolute Gasteiger partial charge is 0.309 e. The molecule has 0 aliphatic rings. The lowest BCUT2D eigenvalue weighted by Gasteiger charge is -2.05. The summed E-state index contributed by atoms with van der Waals surface area (Å²) in [6.45, 7) is 0. The molecular formula is C10H13NO2S. The number of ether oxygens (including phenoxy) is 1. The van der Waals surface area contributed by atoms with Gasteiger partial charge in [0.05, 0.1) is 13.5 Å². The SMILES string of the molecule is COC(=O)Cc1ccc(SC)c(N)c1. The average molecular weight is 211 g/mol. The maximum absolute atomic E-state index is 11.0. The highest BCUT2D eigenvalue weighted by molar-refractivity contribution is 7.98. The van der Waals surface area contributed by atoms with E-state index in [-0.39, 0.29) is 12.4 Å². The summed E-state index contributed by atoms with van der Waals surface area (Å²) in [6, 6.07) is 5.61. The third kappa shape index (κ3) is 2.67. The van der Waals surface area contributed by atoms with Gasteiger partial charge in [-0.2, -0.15) is 0 Å². The molecule has 0 atom stereocenters. The largest absolute Gasteiger partial charge is 0.469 e. The van der Waals surface area contributed by atoms with E-state index in [2.05, 4.69) is 4.74 Å². The molecule has 1 aromatic rings. The molecule has 14 heavy (non-hydrogen) atoms. The fraction of sp³-hybridized carbons (Fsp3) is 0.300. The highest BCUT2D eigenvalue weighted by Crippen LogP contribution is 2.23. The average Bonchev–Trinajstić information content (AvgIpc) is 2.18. The van der Waals surface area contributed by atoms with Gasteiger partial charge >= 0.3 is 5.97 Å². The van der Waals surface area contributed by atoms with E-state index in [4.69, 9.17) is 5.73 Å². The summed E-state index contributed by atoms with van der Waals surface area (Å²) in [5.74, 6) is -0.249. The molecule has 1 aromatic carbocycles. The second kappa shape index (κ2) is 4.91. The number of rotatable bonds is 3. The molecule has 0 unspecified atom stereocenters. The summed E-state index contributed by atoms with van der Waals surface area (Å²) in [7, 11) is 1.38. The number of carbonyl (C=O) groups is 1. The van der Waals surface area contributed by atoms with Gasteiger partial charge in [-0.15, -0.1) is 11.8 Å². The molecule has 0 radical (unpaired) electrons. The summed E-state index contributed by atoms with van der Waals surface area (Å²) in [5, 5.41) is 0. The molecule has 3 nitrogen and oxygen atoms in total. The summed E-state index contributed by atoms with van der Waals surface area (Å²) in [4.78, 5) is 12.0. The normalized spacial score (nSPS) is 9.86. The van der Waals surface area contributed by atoms with Crippen molar-refractivity contribution >= 4 is 23.4 Å². The molecule has 76 valence electrons. The van der Waals surface area contributed by atoms with Gasteiger partial charge in [0.1, 0.15) is 0 Å². The van der Waals surface area contributed by atoms with Crippen LogP contribution in [0.5, 0.6) is 0 Å². The highest BCUT2D eigenvalue weighted by Gasteiger charge is 2.04. The minimum atomic E-state index is -0.249. The van der Waals surface area contributed by atoms with Crippen LogP contribution in [0.2, 0.25) is 0 Å². The van der Waals surface area contributed by atoms with E-state index >= 15 is 0 Å². The number of benzene rings is 1. The van der Waals surface area contributed by atoms with E-state index in [0.29, 0.717) is 5.69 Å². The van der Waals surface area contributed by atoms with E-state index < -0.39 is 0 Å². The fourth-order valence-corrected chi connectivity index (χ4v) is 1.63. The molecule has 0 saturated heterocycles. The van der Waals surface area contributed by atoms with E-state index in [0.717, 1.165) is 10.5 Å². The molecule has 0 saturated carbocycles. The zero-order valence-corrected chi connectivity index (χ0v) is 9.06. The van der Waals surface area contributed by atoms with Crippen molar-refractivity contribution in [2.75, 3.05) is 19.1 Å². The summed E-state index contributed by atoms with van der Waals surface area (Å²) < 4.78 is 4.57. The molecular weight excluding hydrogens is 198 g/mol. The lowest BCUT2D eigenvalue weighted by atomic mass is 10.1. The van der Waals surface area contributed by atoms with Crippen molar-refractivity contribution in [1.82, 2.24) is 0 Å². The van der Waals surface area contributed by atoms with Gasteiger partial charge in [0, 0.05) is 10.6 Å². The third-order valence-electron chi connectivity index (χ3n) is 1.87. The van der Waals surface area contributed by atoms with Crippen molar-refractivity contribution in [2.24, 2.45) is 0 Å². The van der Waals surface area contributed by atoms with Crippen molar-refractivity contribution in [3.63, 3.8) is 0 Å². The number of nitrogen functional groups attached to an aromatic ring is 1. The number of hydrogen-bond donors (Lipinski definition) is 1. The van der Waals surface area contributed by atoms with Crippen LogP contribution in [0.4, 0.5) is 5.69 Å². The fourth-order valence-electron chi connectivity index (χ4n) is 1.13. The van der Waals surface area contributed by atoms with Gasteiger partial charge in [-0.25, -0.2) is 0 Å². The molecule has 0 aliphatic heterocycles. The Hall–Kier alpha value is -1.16. The van der Waals surface area contributed by atoms with Gasteiger partial charge < -0.3 is 10.5 Å². The first-order valence-corrected chi connectivity index (χ1v) is 5.39. The summed E-state index contributed by atoms with van der Waals surface area (Å²) in [5.41, 5.74) is 7.37. The Balaban J connectivity index is 2.81. The first-order valence-electron chi connectivity index (χ1n) is 4.16. The molecule has 0 fully saturated rings. The molecule has 0 aliphatic carbocycles. The molecule has 0 amide bonds. The quantitative estimate of drug-likeness (QED) is 0.470. The predicted molar refractivity (Wildman–Crippen MR) is 58.4 cm³/mol. The highest BCUT2D eigenvalue weighted by atomic mass is 32.2. The first-order chi connectivity index (χ1) is 6.67. The van der Waals surface area contributed by atoms with E-state index in [1.54, 1.807) is 11.8 Å². The van der Waals surface area contributed by atoms with Crippen LogP contribution in [0.15, 0.2) is 23.1 Å². The molecule has 1 rings (SSSR count). The number of nitrogens with two attached hydrogens (primary N) is 1. The van der Waals surface area contributed by atoms with Crippen molar-refractivity contribution in [3.05, 3.63) is 23.8 Å². The van der Waals surface area contributed by atoms with Crippen LogP contribution in [0.1, 0.15) is 5.56 Å². The topological polar surface area (TPSA) is 52.3 Å². The first kappa shape index (κ1) is 10.9. The standard InChI is InChI=1S/C10H13NO2S/c1-13-10(12)6-7-3-4-9(14-2)8(11)5-7/h3-5H,6,11H2,1-2H3. The Morgan fingerprint density at radius 3 is 2.79 bits per heavy atom. The molecule has 0 heterocycles. The maximum Gasteiger partial charge on any atom is 0.309 e. The zero-order chi connectivity index (χ0) is 10.6. The van der Waals surface area contributed by atoms with Crippen LogP contribution in [0.3, 0.4) is 0 Å². The van der Waals surface area contributed by atoms with Gasteiger partial charge in [-0.05, 0) is 24.0 Å². The lowest BCUT2D eigenvalue weighted by molar-refractivity contribution is -0.139. The van der Waals surface area contributed by atoms with Gasteiger partial charge in [0.25, 0.3) is 0 Å². The monoisotopic (exact) mass is 211 g/mol. The zero-order valence-electron chi connectivity index (χ0n) is 8.24. The Morgan fingerprint density at radius 2 is 2.29 bits per heavy atom. The van der Waals surface area contributed by atoms with Crippen LogP contribution in [0, 0.1) is 0 Å². The second-order valence-corrected chi connectivity index (χ2v) is 3.68. The van der Waals surface area contributed by atoms with Crippen LogP contribution in [-0.4, -0.2) is 19.3 Å². The number of anilines is 1. The van der Waals surface area contributed by atoms with E-state index in [1.165, 1.54) is 7.11 Å². The molecule has 4 heteroatoms. The number of carbonyl (C=O) groups excluding carboxylic acids is 1. The van der Waals surface area contributed by atoms with E-state index in [9.17, 15) is 4.79 Å². The molecule has 0 bridgehead atoms. The predicted octanol–water partition coefficient (Wildman–Crippen LogP) is 1.71. The summed E-state index contributed by atoms with van der Waals surface area (Å²) in [6.07, 6.45) is 2.24. The van der Waals surface area contributed by atoms with Gasteiger partial charge in [-0.3, -0.25) is 4.79 Å².